The van der Waals surface area contributed by atoms with Crippen LogP contribution in [-0.2, 0) is 13.0 Å². The minimum absolute atomic E-state index is 0.0501. The van der Waals surface area contributed by atoms with Crippen molar-refractivity contribution in [3.05, 3.63) is 56.8 Å². The van der Waals surface area contributed by atoms with Crippen molar-refractivity contribution in [1.29, 1.82) is 0 Å². The molecule has 0 saturated carbocycles. The Labute approximate surface area is 167 Å². The predicted octanol–water partition coefficient (Wildman–Crippen LogP) is 3.00. The van der Waals surface area contributed by atoms with E-state index in [4.69, 9.17) is 0 Å². The van der Waals surface area contributed by atoms with E-state index in [9.17, 15) is 4.79 Å². The Kier molecular flexibility index (Phi) is 5.40. The van der Waals surface area contributed by atoms with Gasteiger partial charge in [-0.25, -0.2) is 4.98 Å². The largest absolute Gasteiger partial charge is 0.370 e. The van der Waals surface area contributed by atoms with Crippen LogP contribution in [0.4, 0.5) is 5.82 Å². The first-order valence-electron chi connectivity index (χ1n) is 9.19. The number of hydrogen-bond acceptors (Lipinski definition) is 4. The number of amides is 1. The van der Waals surface area contributed by atoms with E-state index >= 15 is 0 Å². The van der Waals surface area contributed by atoms with Crippen LogP contribution in [0.1, 0.15) is 28.0 Å². The monoisotopic (exact) mass is 458 g/mol. The van der Waals surface area contributed by atoms with Crippen LogP contribution in [0.25, 0.3) is 0 Å². The average molecular weight is 458 g/mol. The van der Waals surface area contributed by atoms with E-state index in [1.54, 1.807) is 0 Å². The lowest BCUT2D eigenvalue weighted by Crippen LogP contribution is -2.48. The molecule has 0 unspecified atom stereocenters. The minimum Gasteiger partial charge on any atom is -0.370 e. The maximum absolute atomic E-state index is 12.8. The molecule has 4 rings (SSSR count). The van der Waals surface area contributed by atoms with Crippen molar-refractivity contribution in [1.82, 2.24) is 14.8 Å². The summed E-state index contributed by atoms with van der Waals surface area (Å²) in [7, 11) is 0. The Bertz CT molecular complexity index is 785. The second-order valence-corrected chi connectivity index (χ2v) is 8.17. The molecule has 2 aromatic rings. The molecule has 0 aliphatic carbocycles. The number of nitrogens with zero attached hydrogens (tertiary/aromatic N) is 3. The van der Waals surface area contributed by atoms with Gasteiger partial charge < -0.3 is 10.2 Å². The summed E-state index contributed by atoms with van der Waals surface area (Å²) in [4.78, 5) is 21.7. The van der Waals surface area contributed by atoms with E-state index in [-0.39, 0.29) is 5.91 Å². The molecule has 0 bridgehead atoms. The van der Waals surface area contributed by atoms with Gasteiger partial charge in [0.05, 0.1) is 0 Å². The lowest BCUT2D eigenvalue weighted by Gasteiger charge is -2.34. The van der Waals surface area contributed by atoms with Gasteiger partial charge in [0.2, 0.25) is 0 Å². The molecule has 1 saturated heterocycles. The van der Waals surface area contributed by atoms with E-state index in [1.165, 1.54) is 14.7 Å². The number of fused-ring (bicyclic) bond motifs is 1. The second-order valence-electron chi connectivity index (χ2n) is 6.93. The van der Waals surface area contributed by atoms with E-state index in [0.717, 1.165) is 57.9 Å². The highest BCUT2D eigenvalue weighted by Gasteiger charge is 2.24. The Hall–Kier alpha value is -1.67. The minimum atomic E-state index is 0.0501. The van der Waals surface area contributed by atoms with Gasteiger partial charge >= 0.3 is 0 Å². The first kappa shape index (κ1) is 17.7. The van der Waals surface area contributed by atoms with Crippen molar-refractivity contribution in [3.63, 3.8) is 0 Å². The molecular formula is C20H23IN4O. The zero-order valence-electron chi connectivity index (χ0n) is 14.7. The summed E-state index contributed by atoms with van der Waals surface area (Å²) >= 11 is 2.33. The summed E-state index contributed by atoms with van der Waals surface area (Å²) in [5.74, 6) is 0.938. The molecule has 1 aromatic heterocycles. The van der Waals surface area contributed by atoms with Crippen LogP contribution in [0.15, 0.2) is 36.4 Å². The number of halogens is 1. The van der Waals surface area contributed by atoms with Crippen LogP contribution < -0.4 is 5.32 Å². The van der Waals surface area contributed by atoms with Crippen LogP contribution >= 0.6 is 22.6 Å². The fourth-order valence-corrected chi connectivity index (χ4v) is 3.93. The molecule has 2 aliphatic heterocycles. The SMILES string of the molecule is O=C(c1ccc2c(n1)NCCC2)N1CCN(Cc2ccc([123I])cc2)CC1. The Morgan fingerprint density at radius 3 is 2.62 bits per heavy atom. The molecule has 1 aromatic carbocycles. The first-order chi connectivity index (χ1) is 12.7. The summed E-state index contributed by atoms with van der Waals surface area (Å²) in [5.41, 5.74) is 3.10. The number of anilines is 1. The fourth-order valence-electron chi connectivity index (χ4n) is 3.57. The highest BCUT2D eigenvalue weighted by Crippen LogP contribution is 2.20. The highest BCUT2D eigenvalue weighted by atomic mass is 123. The van der Waals surface area contributed by atoms with Crippen LogP contribution in [-0.4, -0.2) is 53.4 Å². The van der Waals surface area contributed by atoms with Crippen LogP contribution in [0.2, 0.25) is 0 Å². The summed E-state index contributed by atoms with van der Waals surface area (Å²) in [5, 5.41) is 3.31. The number of carbonyl (C=O) groups is 1. The van der Waals surface area contributed by atoms with Crippen LogP contribution in [0, 0.1) is 3.57 Å². The molecule has 2 aliphatic rings. The number of rotatable bonds is 3. The molecular weight excluding hydrogens is 435 g/mol. The lowest BCUT2D eigenvalue weighted by molar-refractivity contribution is 0.0623. The molecule has 5 nitrogen and oxygen atoms in total. The van der Waals surface area contributed by atoms with Crippen molar-refractivity contribution in [2.75, 3.05) is 38.0 Å². The van der Waals surface area contributed by atoms with Gasteiger partial charge in [-0.1, -0.05) is 18.2 Å². The summed E-state index contributed by atoms with van der Waals surface area (Å²) < 4.78 is 1.26. The molecule has 1 amide bonds. The second kappa shape index (κ2) is 7.92. The molecule has 1 N–H and O–H groups in total. The van der Waals surface area contributed by atoms with E-state index in [1.807, 2.05) is 11.0 Å². The van der Waals surface area contributed by atoms with E-state index in [0.29, 0.717) is 5.69 Å². The summed E-state index contributed by atoms with van der Waals surface area (Å²) in [6.45, 7) is 5.21. The summed E-state index contributed by atoms with van der Waals surface area (Å²) in [6.07, 6.45) is 2.17. The van der Waals surface area contributed by atoms with Crippen molar-refractivity contribution in [2.24, 2.45) is 0 Å². The third-order valence-corrected chi connectivity index (χ3v) is 5.81. The Balaban J connectivity index is 1.35. The standard InChI is InChI=1S/C20H23IN4O/c21-17-6-3-15(4-7-17)14-24-10-12-25(13-11-24)20(26)18-8-5-16-2-1-9-22-19(16)23-18/h3-8H,1-2,9-14H2,(H,22,23)/i21-4. The molecule has 6 heteroatoms. The van der Waals surface area contributed by atoms with Crippen molar-refractivity contribution >= 4 is 34.3 Å². The highest BCUT2D eigenvalue weighted by molar-refractivity contribution is 14.1. The van der Waals surface area contributed by atoms with Gasteiger partial charge in [0.15, 0.2) is 0 Å². The zero-order chi connectivity index (χ0) is 17.9. The topological polar surface area (TPSA) is 48.5 Å². The number of piperazine rings is 1. The third kappa shape index (κ3) is 4.01. The number of aryl methyl sites for hydroxylation is 1. The normalized spacial score (nSPS) is 17.5. The molecule has 136 valence electrons. The number of benzene rings is 1. The van der Waals surface area contributed by atoms with Gasteiger partial charge in [-0.15, -0.1) is 0 Å². The van der Waals surface area contributed by atoms with Gasteiger partial charge in [-0.2, -0.15) is 0 Å². The number of hydrogen-bond donors (Lipinski definition) is 1. The van der Waals surface area contributed by atoms with Crippen LogP contribution in [0.3, 0.4) is 0 Å². The van der Waals surface area contributed by atoms with Gasteiger partial charge in [-0.05, 0) is 64.8 Å². The van der Waals surface area contributed by atoms with E-state index < -0.39 is 0 Å². The number of aromatic nitrogens is 1. The number of nitrogens with one attached hydrogen (secondary N) is 1. The van der Waals surface area contributed by atoms with Crippen molar-refractivity contribution < 1.29 is 4.79 Å². The van der Waals surface area contributed by atoms with Crippen molar-refractivity contribution in [3.8, 4) is 0 Å². The van der Waals surface area contributed by atoms with E-state index in [2.05, 4.69) is 68.1 Å². The quantitative estimate of drug-likeness (QED) is 0.719. The summed E-state index contributed by atoms with van der Waals surface area (Å²) in [6, 6.07) is 12.6. The van der Waals surface area contributed by atoms with Gasteiger partial charge in [0.1, 0.15) is 11.5 Å². The maximum atomic E-state index is 12.8. The Morgan fingerprint density at radius 1 is 1.08 bits per heavy atom. The number of pyridine rings is 1. The third-order valence-electron chi connectivity index (χ3n) is 5.09. The van der Waals surface area contributed by atoms with Gasteiger partial charge in [0.25, 0.3) is 5.91 Å². The molecule has 0 atom stereocenters. The first-order valence-corrected chi connectivity index (χ1v) is 10.3. The average Bonchev–Trinajstić information content (AvgIpc) is 2.69. The molecule has 0 radical (unpaired) electrons. The molecule has 1 fully saturated rings. The molecule has 26 heavy (non-hydrogen) atoms. The predicted molar refractivity (Wildman–Crippen MR) is 111 cm³/mol. The fraction of sp³-hybridized carbons (Fsp3) is 0.400. The Morgan fingerprint density at radius 2 is 1.85 bits per heavy atom. The zero-order valence-corrected chi connectivity index (χ0v) is 16.9. The molecule has 0 spiro atoms. The lowest BCUT2D eigenvalue weighted by atomic mass is 10.1. The van der Waals surface area contributed by atoms with Gasteiger partial charge in [0, 0.05) is 42.8 Å². The smallest absolute Gasteiger partial charge is 0.272 e. The van der Waals surface area contributed by atoms with Crippen LogP contribution in [0.5, 0.6) is 0 Å². The maximum Gasteiger partial charge on any atom is 0.272 e. The molecule has 3 heterocycles. The van der Waals surface area contributed by atoms with Gasteiger partial charge in [-0.3, -0.25) is 9.69 Å². The number of carbonyl (C=O) groups excluding carboxylic acids is 1. The van der Waals surface area contributed by atoms with Crippen molar-refractivity contribution in [2.45, 2.75) is 19.4 Å².